The van der Waals surface area contributed by atoms with Crippen molar-refractivity contribution in [3.05, 3.63) is 65.7 Å². The van der Waals surface area contributed by atoms with Crippen molar-refractivity contribution in [3.63, 3.8) is 0 Å². The molecule has 26 nitrogen and oxygen atoms in total. The zero-order chi connectivity index (χ0) is 64.5. The molecule has 2 aromatic rings. The predicted octanol–water partition coefficient (Wildman–Crippen LogP) is 3.06. The minimum absolute atomic E-state index is 0.0791. The normalized spacial score (nSPS) is 16.7. The summed E-state index contributed by atoms with van der Waals surface area (Å²) in [6, 6.07) is 7.89. The van der Waals surface area contributed by atoms with Gasteiger partial charge in [-0.15, -0.1) is 0 Å². The van der Waals surface area contributed by atoms with Crippen molar-refractivity contribution in [2.75, 3.05) is 53.3 Å². The smallest absolute Gasteiger partial charge is 0.410 e. The van der Waals surface area contributed by atoms with Crippen LogP contribution in [-0.4, -0.2) is 182 Å². The number of benzene rings is 2. The first kappa shape index (κ1) is 72.8. The van der Waals surface area contributed by atoms with E-state index in [0.29, 0.717) is 37.1 Å². The van der Waals surface area contributed by atoms with Crippen molar-refractivity contribution in [2.24, 2.45) is 41.2 Å². The number of carbonyl (C=O) groups is 10. The fourth-order valence-corrected chi connectivity index (χ4v) is 10.7. The highest BCUT2D eigenvalue weighted by molar-refractivity contribution is 5.98. The molecule has 0 aromatic heterocycles. The maximum atomic E-state index is 14.8. The van der Waals surface area contributed by atoms with Crippen molar-refractivity contribution >= 4 is 65.1 Å². The summed E-state index contributed by atoms with van der Waals surface area (Å²) in [5.41, 5.74) is 6.79. The highest BCUT2D eigenvalue weighted by atomic mass is 16.6. The number of likely N-dealkylation sites (N-methyl/N-ethyl adjacent to an activating group) is 2. The number of rotatable bonds is 35. The van der Waals surface area contributed by atoms with E-state index >= 15 is 0 Å². The first-order valence-electron chi connectivity index (χ1n) is 29.4. The second-order valence-electron chi connectivity index (χ2n) is 23.0. The highest BCUT2D eigenvalue weighted by Gasteiger charge is 2.44. The van der Waals surface area contributed by atoms with Gasteiger partial charge < -0.3 is 66.8 Å². The maximum absolute atomic E-state index is 14.8. The van der Waals surface area contributed by atoms with Gasteiger partial charge in [-0.25, -0.2) is 20.3 Å². The van der Waals surface area contributed by atoms with E-state index in [1.807, 2.05) is 19.9 Å². The number of nitrogens with zero attached hydrogens (tertiary/aromatic N) is 3. The molecular weight excluding hydrogens is 1110 g/mol. The Morgan fingerprint density at radius 1 is 0.733 bits per heavy atom. The van der Waals surface area contributed by atoms with E-state index in [1.165, 1.54) is 26.2 Å². The number of hydrogen-bond acceptors (Lipinski definition) is 15. The Balaban J connectivity index is 1.72. The van der Waals surface area contributed by atoms with Crippen LogP contribution in [0.2, 0.25) is 0 Å². The minimum Gasteiger partial charge on any atom is -0.480 e. The van der Waals surface area contributed by atoms with Crippen LogP contribution in [0, 0.1) is 29.6 Å². The van der Waals surface area contributed by atoms with E-state index in [4.69, 9.17) is 25.8 Å². The number of aliphatic carboxylic acids is 1. The third-order valence-corrected chi connectivity index (χ3v) is 15.7. The number of carboxylic acid groups (broad SMARTS) is 1. The quantitative estimate of drug-likeness (QED) is 0.0354. The lowest BCUT2D eigenvalue weighted by molar-refractivity contribution is -0.148. The van der Waals surface area contributed by atoms with Crippen molar-refractivity contribution in [3.8, 4) is 0 Å². The molecule has 2 unspecified atom stereocenters. The lowest BCUT2D eigenvalue weighted by atomic mass is 9.89. The SMILES string of the molecule is CC[C@H](C)[C@@H]([C@@H](CC(=O)N1CCC[C@H]1[C@H](OC)[C@@H](C)C(=O)N[C@@H](Cc1ccccc1)C(=O)O)OC)N(C)C(=O)[C@@H](NC(=O)C(C(C)C)N(C)C(=O)OCc1ccc(NC(=O)[C@H](CCCNC(N)=O)NC(=O)C(NC(=O)CON)C(C)C)cc1)C(C)C. The summed E-state index contributed by atoms with van der Waals surface area (Å²) in [6.07, 6.45) is -0.356. The maximum Gasteiger partial charge on any atom is 0.410 e. The molecule has 86 heavy (non-hydrogen) atoms. The highest BCUT2D eigenvalue weighted by Crippen LogP contribution is 2.30. The fraction of sp³-hybridized carbons (Fsp3) is 0.633. The number of primary amides is 1. The zero-order valence-electron chi connectivity index (χ0n) is 52.2. The Labute approximate surface area is 505 Å². The molecule has 1 fully saturated rings. The van der Waals surface area contributed by atoms with E-state index in [-0.39, 0.29) is 56.6 Å². The fourth-order valence-electron chi connectivity index (χ4n) is 10.7. The molecule has 0 spiro atoms. The molecule has 10 amide bonds. The van der Waals surface area contributed by atoms with Gasteiger partial charge in [0, 0.05) is 53.5 Å². The molecule has 2 aromatic carbocycles. The van der Waals surface area contributed by atoms with Crippen LogP contribution >= 0.6 is 0 Å². The summed E-state index contributed by atoms with van der Waals surface area (Å²) >= 11 is 0. The molecular formula is C60H95N11O15. The van der Waals surface area contributed by atoms with E-state index in [9.17, 15) is 53.1 Å². The topological polar surface area (TPSA) is 362 Å². The number of carboxylic acids is 1. The van der Waals surface area contributed by atoms with Crippen molar-refractivity contribution < 1.29 is 72.1 Å². The van der Waals surface area contributed by atoms with E-state index < -0.39 is 132 Å². The van der Waals surface area contributed by atoms with Crippen molar-refractivity contribution in [1.82, 2.24) is 41.3 Å². The van der Waals surface area contributed by atoms with Gasteiger partial charge in [-0.3, -0.25) is 43.3 Å². The number of anilines is 1. The van der Waals surface area contributed by atoms with Gasteiger partial charge in [0.2, 0.25) is 41.4 Å². The summed E-state index contributed by atoms with van der Waals surface area (Å²) in [7, 11) is 5.97. The third-order valence-electron chi connectivity index (χ3n) is 15.7. The number of amides is 10. The zero-order valence-corrected chi connectivity index (χ0v) is 52.2. The Bertz CT molecular complexity index is 2560. The first-order chi connectivity index (χ1) is 40.6. The summed E-state index contributed by atoms with van der Waals surface area (Å²) in [5, 5.41) is 26.0. The average Bonchev–Trinajstić information content (AvgIpc) is 2.29. The van der Waals surface area contributed by atoms with Gasteiger partial charge in [0.1, 0.15) is 43.4 Å². The molecule has 11 N–H and O–H groups in total. The average molecular weight is 1210 g/mol. The summed E-state index contributed by atoms with van der Waals surface area (Å²) in [6.45, 7) is 15.8. The summed E-state index contributed by atoms with van der Waals surface area (Å²) < 4.78 is 17.6. The largest absolute Gasteiger partial charge is 0.480 e. The number of methoxy groups -OCH3 is 2. The third kappa shape index (κ3) is 21.8. The van der Waals surface area contributed by atoms with Crippen molar-refractivity contribution in [2.45, 2.75) is 168 Å². The van der Waals surface area contributed by atoms with Gasteiger partial charge in [0.25, 0.3) is 0 Å². The van der Waals surface area contributed by atoms with Gasteiger partial charge >= 0.3 is 18.1 Å². The van der Waals surface area contributed by atoms with Crippen LogP contribution in [0.1, 0.15) is 112 Å². The molecule has 3 rings (SSSR count). The predicted molar refractivity (Wildman–Crippen MR) is 320 cm³/mol. The molecule has 1 saturated heterocycles. The Morgan fingerprint density at radius 2 is 1.36 bits per heavy atom. The number of ether oxygens (including phenoxy) is 3. The second kappa shape index (κ2) is 35.9. The van der Waals surface area contributed by atoms with E-state index in [2.05, 4.69) is 36.7 Å². The number of nitrogens with one attached hydrogen (secondary N) is 6. The van der Waals surface area contributed by atoms with E-state index in [0.717, 1.165) is 10.5 Å². The Kier molecular flexibility index (Phi) is 30.4. The standard InChI is InChI=1S/C60H95N11O15/c1-14-37(8)51(45(83-12)31-47(73)71-29-19-23-44(71)52(84-13)38(9)53(74)66-43(58(79)80)30-39-20-16-15-17-21-39)69(10)57(78)49(35(4)5)68-56(77)50(36(6)7)70(11)60(82)85-32-40-24-26-41(27-25-40)64-54(75)42(22-18-28-63-59(61)81)65-55(76)48(34(2)3)67-46(72)33-86-62/h15-17,20-21,24-27,34-38,42-45,48-52H,14,18-19,22-23,28-33,62H2,1-13H3,(H,64,75)(H,65,76)(H,66,74)(H,67,72)(H,68,77)(H,79,80)(H3,61,63,81)/t37-,38+,42-,43-,44-,45+,48?,49-,50?,51-,52+/m0/s1. The van der Waals surface area contributed by atoms with Crippen LogP contribution in [0.5, 0.6) is 0 Å². The number of urea groups is 1. The molecule has 0 saturated carbocycles. The molecule has 11 atom stereocenters. The second-order valence-corrected chi connectivity index (χ2v) is 23.0. The monoisotopic (exact) mass is 1210 g/mol. The minimum atomic E-state index is -1.19. The van der Waals surface area contributed by atoms with Crippen LogP contribution in [0.3, 0.4) is 0 Å². The van der Waals surface area contributed by atoms with Crippen LogP contribution < -0.4 is 43.5 Å². The molecule has 480 valence electrons. The van der Waals surface area contributed by atoms with E-state index in [1.54, 1.807) is 109 Å². The van der Waals surface area contributed by atoms with Crippen LogP contribution in [0.15, 0.2) is 54.6 Å². The number of likely N-dealkylation sites (tertiary alicyclic amines) is 1. The summed E-state index contributed by atoms with van der Waals surface area (Å²) in [5.74, 6) is -2.19. The van der Waals surface area contributed by atoms with Crippen LogP contribution in [-0.2, 0) is 70.4 Å². The molecule has 1 heterocycles. The Morgan fingerprint density at radius 3 is 1.91 bits per heavy atom. The van der Waals surface area contributed by atoms with Crippen LogP contribution in [0.4, 0.5) is 15.3 Å². The van der Waals surface area contributed by atoms with Gasteiger partial charge in [-0.2, -0.15) is 0 Å². The number of nitrogens with two attached hydrogens (primary N) is 2. The Hall–Kier alpha value is -7.42. The van der Waals surface area contributed by atoms with Gasteiger partial charge in [0.15, 0.2) is 0 Å². The molecule has 0 aliphatic carbocycles. The summed E-state index contributed by atoms with van der Waals surface area (Å²) in [4.78, 5) is 142. The molecule has 0 radical (unpaired) electrons. The molecule has 0 bridgehead atoms. The van der Waals surface area contributed by atoms with Gasteiger partial charge in [0.05, 0.1) is 36.6 Å². The van der Waals surface area contributed by atoms with Gasteiger partial charge in [-0.1, -0.05) is 111 Å². The lowest BCUT2D eigenvalue weighted by Crippen LogP contribution is -2.60. The number of hydrogen-bond donors (Lipinski definition) is 9. The molecule has 1 aliphatic rings. The first-order valence-corrected chi connectivity index (χ1v) is 29.4. The molecule has 26 heteroatoms. The number of carbonyl (C=O) groups excluding carboxylic acids is 9. The van der Waals surface area contributed by atoms with Crippen molar-refractivity contribution in [1.29, 1.82) is 0 Å². The van der Waals surface area contributed by atoms with Crippen LogP contribution in [0.25, 0.3) is 0 Å². The molecule has 1 aliphatic heterocycles. The van der Waals surface area contributed by atoms with Gasteiger partial charge in [-0.05, 0) is 72.6 Å². The lowest BCUT2D eigenvalue weighted by Gasteiger charge is -2.41.